The Hall–Kier alpha value is -1.85. The number of para-hydroxylation sites is 1. The Morgan fingerprint density at radius 1 is 1.20 bits per heavy atom. The molecule has 0 spiro atoms. The molecule has 0 aliphatic carbocycles. The quantitative estimate of drug-likeness (QED) is 0.760. The molecule has 3 aromatic rings. The van der Waals surface area contributed by atoms with Gasteiger partial charge in [-0.1, -0.05) is 29.8 Å². The normalized spacial score (nSPS) is 12.5. The third-order valence-electron chi connectivity index (χ3n) is 3.14. The fraction of sp³-hybridized carbons (Fsp3) is 0.143. The van der Waals surface area contributed by atoms with Gasteiger partial charge in [0.1, 0.15) is 16.8 Å². The predicted molar refractivity (Wildman–Crippen MR) is 82.6 cm³/mol. The number of rotatable bonds is 3. The van der Waals surface area contributed by atoms with E-state index in [0.29, 0.717) is 5.02 Å². The number of hydrogen-bond acceptors (Lipinski definition) is 5. The molecule has 0 saturated carbocycles. The van der Waals surface area contributed by atoms with Crippen LogP contribution in [0, 0.1) is 0 Å². The van der Waals surface area contributed by atoms with Crippen LogP contribution in [0.3, 0.4) is 0 Å². The standard InChI is InChI=1S/C14H12ClN3OS/c1-8(9-4-2-3-5-12(9)19)16-13-10(15)6-7-11-14(13)18-20-17-11/h2-8,16,19H,1H3. The van der Waals surface area contributed by atoms with Gasteiger partial charge in [-0.15, -0.1) is 0 Å². The molecule has 102 valence electrons. The maximum absolute atomic E-state index is 9.90. The van der Waals surface area contributed by atoms with Crippen LogP contribution in [0.5, 0.6) is 5.75 Å². The van der Waals surface area contributed by atoms with Crippen molar-refractivity contribution in [3.63, 3.8) is 0 Å². The second kappa shape index (κ2) is 5.26. The molecule has 1 aromatic heterocycles. The van der Waals surface area contributed by atoms with Crippen molar-refractivity contribution in [1.82, 2.24) is 8.75 Å². The Bertz CT molecular complexity index is 759. The number of hydrogen-bond donors (Lipinski definition) is 2. The Labute approximate surface area is 125 Å². The zero-order valence-electron chi connectivity index (χ0n) is 10.7. The van der Waals surface area contributed by atoms with Gasteiger partial charge in [-0.25, -0.2) is 0 Å². The lowest BCUT2D eigenvalue weighted by Crippen LogP contribution is -2.07. The van der Waals surface area contributed by atoms with Crippen molar-refractivity contribution < 1.29 is 5.11 Å². The summed E-state index contributed by atoms with van der Waals surface area (Å²) in [5.74, 6) is 0.257. The lowest BCUT2D eigenvalue weighted by Gasteiger charge is -2.17. The van der Waals surface area contributed by atoms with E-state index in [1.165, 1.54) is 0 Å². The van der Waals surface area contributed by atoms with Crippen molar-refractivity contribution in [1.29, 1.82) is 0 Å². The van der Waals surface area contributed by atoms with Gasteiger partial charge in [0.2, 0.25) is 0 Å². The van der Waals surface area contributed by atoms with Crippen molar-refractivity contribution in [3.05, 3.63) is 47.0 Å². The number of anilines is 1. The van der Waals surface area contributed by atoms with Gasteiger partial charge in [0.25, 0.3) is 0 Å². The first-order valence-corrected chi connectivity index (χ1v) is 7.23. The molecule has 1 heterocycles. The van der Waals surface area contributed by atoms with Crippen LogP contribution in [-0.4, -0.2) is 13.9 Å². The number of phenols is 1. The first kappa shape index (κ1) is 13.1. The van der Waals surface area contributed by atoms with Gasteiger partial charge in [-0.05, 0) is 25.1 Å². The average Bonchev–Trinajstić information content (AvgIpc) is 2.91. The molecule has 1 unspecified atom stereocenters. The van der Waals surface area contributed by atoms with Gasteiger partial charge in [-0.2, -0.15) is 8.75 Å². The molecule has 0 amide bonds. The number of aromatic hydroxyl groups is 1. The minimum absolute atomic E-state index is 0.0963. The molecule has 20 heavy (non-hydrogen) atoms. The molecular formula is C14H12ClN3OS. The number of benzene rings is 2. The number of nitrogens with zero attached hydrogens (tertiary/aromatic N) is 2. The number of fused-ring (bicyclic) bond motifs is 1. The van der Waals surface area contributed by atoms with Crippen LogP contribution in [0.1, 0.15) is 18.5 Å². The van der Waals surface area contributed by atoms with Crippen LogP contribution in [-0.2, 0) is 0 Å². The van der Waals surface area contributed by atoms with Gasteiger partial charge in [0.15, 0.2) is 0 Å². The number of halogens is 1. The minimum Gasteiger partial charge on any atom is -0.508 e. The van der Waals surface area contributed by atoms with Gasteiger partial charge in [0.05, 0.1) is 28.5 Å². The maximum Gasteiger partial charge on any atom is 0.129 e. The molecule has 3 rings (SSSR count). The third kappa shape index (κ3) is 2.30. The van der Waals surface area contributed by atoms with Crippen LogP contribution in [0.15, 0.2) is 36.4 Å². The van der Waals surface area contributed by atoms with E-state index in [1.54, 1.807) is 18.2 Å². The highest BCUT2D eigenvalue weighted by Crippen LogP contribution is 2.34. The van der Waals surface area contributed by atoms with Gasteiger partial charge in [0, 0.05) is 5.56 Å². The summed E-state index contributed by atoms with van der Waals surface area (Å²) in [6.45, 7) is 1.96. The molecule has 0 bridgehead atoms. The van der Waals surface area contributed by atoms with E-state index in [4.69, 9.17) is 11.6 Å². The van der Waals surface area contributed by atoms with Crippen LogP contribution in [0.2, 0.25) is 5.02 Å². The number of nitrogens with one attached hydrogen (secondary N) is 1. The maximum atomic E-state index is 9.90. The summed E-state index contributed by atoms with van der Waals surface area (Å²) in [7, 11) is 0. The fourth-order valence-corrected chi connectivity index (χ4v) is 2.86. The highest BCUT2D eigenvalue weighted by Gasteiger charge is 2.15. The van der Waals surface area contributed by atoms with E-state index in [-0.39, 0.29) is 11.8 Å². The SMILES string of the molecule is CC(Nc1c(Cl)ccc2nsnc12)c1ccccc1O. The second-order valence-corrected chi connectivity index (χ2v) is 5.41. The van der Waals surface area contributed by atoms with E-state index >= 15 is 0 Å². The third-order valence-corrected chi connectivity index (χ3v) is 4.00. The lowest BCUT2D eigenvalue weighted by atomic mass is 10.1. The molecule has 2 N–H and O–H groups in total. The van der Waals surface area contributed by atoms with Gasteiger partial charge >= 0.3 is 0 Å². The Balaban J connectivity index is 1.99. The number of aromatic nitrogens is 2. The fourth-order valence-electron chi connectivity index (χ4n) is 2.11. The smallest absolute Gasteiger partial charge is 0.129 e. The molecule has 4 nitrogen and oxygen atoms in total. The first-order chi connectivity index (χ1) is 9.66. The Kier molecular flexibility index (Phi) is 3.46. The van der Waals surface area contributed by atoms with E-state index < -0.39 is 0 Å². The summed E-state index contributed by atoms with van der Waals surface area (Å²) in [4.78, 5) is 0. The molecule has 0 radical (unpaired) electrons. The van der Waals surface area contributed by atoms with Crippen LogP contribution in [0.25, 0.3) is 11.0 Å². The van der Waals surface area contributed by atoms with Crippen LogP contribution in [0.4, 0.5) is 5.69 Å². The van der Waals surface area contributed by atoms with E-state index in [1.807, 2.05) is 25.1 Å². The Morgan fingerprint density at radius 2 is 2.00 bits per heavy atom. The van der Waals surface area contributed by atoms with Crippen molar-refractivity contribution in [2.75, 3.05) is 5.32 Å². The topological polar surface area (TPSA) is 58.0 Å². The van der Waals surface area contributed by atoms with Crippen molar-refractivity contribution in [3.8, 4) is 5.75 Å². The van der Waals surface area contributed by atoms with E-state index in [9.17, 15) is 5.11 Å². The molecule has 0 fully saturated rings. The molecule has 1 atom stereocenters. The summed E-state index contributed by atoms with van der Waals surface area (Å²) in [6.07, 6.45) is 0. The van der Waals surface area contributed by atoms with Gasteiger partial charge in [-0.3, -0.25) is 0 Å². The molecule has 0 saturated heterocycles. The summed E-state index contributed by atoms with van der Waals surface area (Å²) in [6, 6.07) is 10.8. The molecule has 6 heteroatoms. The largest absolute Gasteiger partial charge is 0.508 e. The monoisotopic (exact) mass is 305 g/mol. The van der Waals surface area contributed by atoms with Crippen molar-refractivity contribution in [2.24, 2.45) is 0 Å². The van der Waals surface area contributed by atoms with Crippen molar-refractivity contribution in [2.45, 2.75) is 13.0 Å². The lowest BCUT2D eigenvalue weighted by molar-refractivity contribution is 0.465. The summed E-state index contributed by atoms with van der Waals surface area (Å²) >= 11 is 7.40. The number of phenolic OH excluding ortho intramolecular Hbond substituents is 1. The zero-order chi connectivity index (χ0) is 14.1. The summed E-state index contributed by atoms with van der Waals surface area (Å²) in [5.41, 5.74) is 3.12. The van der Waals surface area contributed by atoms with Crippen molar-refractivity contribution >= 4 is 40.0 Å². The molecular weight excluding hydrogens is 294 g/mol. The minimum atomic E-state index is -0.0963. The molecule has 0 aliphatic rings. The summed E-state index contributed by atoms with van der Waals surface area (Å²) < 4.78 is 8.47. The highest BCUT2D eigenvalue weighted by atomic mass is 35.5. The second-order valence-electron chi connectivity index (χ2n) is 4.48. The molecule has 0 aliphatic heterocycles. The first-order valence-electron chi connectivity index (χ1n) is 6.12. The zero-order valence-corrected chi connectivity index (χ0v) is 12.2. The highest BCUT2D eigenvalue weighted by molar-refractivity contribution is 7.00. The predicted octanol–water partition coefficient (Wildman–Crippen LogP) is 4.22. The van der Waals surface area contributed by atoms with Crippen LogP contribution < -0.4 is 5.32 Å². The van der Waals surface area contributed by atoms with E-state index in [2.05, 4.69) is 14.1 Å². The van der Waals surface area contributed by atoms with E-state index in [0.717, 1.165) is 34.0 Å². The molecule has 2 aromatic carbocycles. The summed E-state index contributed by atoms with van der Waals surface area (Å²) in [5, 5.41) is 13.8. The Morgan fingerprint density at radius 3 is 2.80 bits per heavy atom. The van der Waals surface area contributed by atoms with Crippen LogP contribution >= 0.6 is 23.3 Å². The van der Waals surface area contributed by atoms with Gasteiger partial charge < -0.3 is 10.4 Å². The average molecular weight is 306 g/mol.